The van der Waals surface area contributed by atoms with Gasteiger partial charge in [-0.05, 0) is 5.21 Å². The van der Waals surface area contributed by atoms with Gasteiger partial charge in [-0.15, -0.1) is 0 Å². The first kappa shape index (κ1) is 14.5. The van der Waals surface area contributed by atoms with Crippen molar-refractivity contribution in [2.45, 2.75) is 37.6 Å². The number of rotatable bonds is 0. The normalized spacial score (nSPS) is 49.1. The van der Waals surface area contributed by atoms with Gasteiger partial charge < -0.3 is 9.47 Å². The van der Waals surface area contributed by atoms with Crippen LogP contribution in [0.4, 0.5) is 0 Å². The van der Waals surface area contributed by atoms with E-state index in [4.69, 9.17) is 87.9 Å². The van der Waals surface area contributed by atoms with Crippen molar-refractivity contribution in [3.8, 4) is 0 Å². The van der Waals surface area contributed by atoms with E-state index < -0.39 is 37.6 Å². The lowest BCUT2D eigenvalue weighted by Crippen LogP contribution is -2.49. The highest BCUT2D eigenvalue weighted by Crippen LogP contribution is 2.90. The number of hydrogen-bond donors (Lipinski definition) is 0. The summed E-state index contributed by atoms with van der Waals surface area (Å²) in [6, 6.07) is 0. The molecular weight excluding hydrogens is 224 g/mol. The summed E-state index contributed by atoms with van der Waals surface area (Å²) in [7, 11) is 58.8. The summed E-state index contributed by atoms with van der Waals surface area (Å²) in [6.07, 6.45) is 0. The van der Waals surface area contributed by atoms with E-state index in [9.17, 15) is 0 Å². The molecule has 0 aromatic carbocycles. The highest BCUT2D eigenvalue weighted by atomic mass is 16.7. The third-order valence-electron chi connectivity index (χ3n) is 4.68. The lowest BCUT2D eigenvalue weighted by molar-refractivity contribution is 0.239. The van der Waals surface area contributed by atoms with E-state index in [1.165, 1.54) is 0 Å². The topological polar surface area (TPSA) is 25.1 Å². The Labute approximate surface area is 126 Å². The fraction of sp³-hybridized carbons (Fsp3) is 1.00. The van der Waals surface area contributed by atoms with Crippen LogP contribution in [0.5, 0.6) is 0 Å². The molecule has 0 aromatic rings. The molecule has 3 rings (SSSR count). The summed E-state index contributed by atoms with van der Waals surface area (Å²) < 4.78 is 10.4. The van der Waals surface area contributed by atoms with Crippen LogP contribution in [-0.2, 0) is 9.47 Å². The van der Waals surface area contributed by atoms with Gasteiger partial charge in [0.1, 0.15) is 31.4 Å². The highest BCUT2D eigenvalue weighted by Gasteiger charge is 2.93. The number of epoxide rings is 2. The molecule has 1 aliphatic carbocycles. The van der Waals surface area contributed by atoms with Crippen LogP contribution in [0.25, 0.3) is 0 Å². The minimum absolute atomic E-state index is 1.84. The monoisotopic (exact) mass is 226 g/mol. The van der Waals surface area contributed by atoms with Crippen molar-refractivity contribution >= 4 is 78.5 Å². The Morgan fingerprint density at radius 3 is 0.737 bits per heavy atom. The van der Waals surface area contributed by atoms with Crippen LogP contribution in [0.3, 0.4) is 0 Å². The minimum atomic E-state index is -2.03. The minimum Gasteiger partial charge on any atom is -0.385 e. The molecule has 2 atom stereocenters. The Hall–Kier alpha value is 0.569. The average molecular weight is 224 g/mol. The van der Waals surface area contributed by atoms with E-state index in [2.05, 4.69) is 0 Å². The van der Waals surface area contributed by atoms with Crippen molar-refractivity contribution in [2.24, 2.45) is 0 Å². The maximum atomic E-state index is 6.05. The number of hydrogen-bond acceptors (Lipinski definition) is 2. The molecular formula is C7B10O2. The van der Waals surface area contributed by atoms with Gasteiger partial charge in [0.25, 0.3) is 0 Å². The molecule has 12 heteroatoms. The largest absolute Gasteiger partial charge is 0.385 e. The van der Waals surface area contributed by atoms with Gasteiger partial charge in [0.05, 0.1) is 58.3 Å². The Morgan fingerprint density at radius 1 is 0.421 bits per heavy atom. The zero-order valence-corrected chi connectivity index (χ0v) is 10.1. The van der Waals surface area contributed by atoms with Crippen LogP contribution in [0, 0.1) is 0 Å². The SMILES string of the molecule is [B]C1([B])OC12C([B])([B])C([B])([B])C1(OC1([B])[B])C2([B])[B]. The van der Waals surface area contributed by atoms with E-state index in [1.54, 1.807) is 0 Å². The molecule has 2 nitrogen and oxygen atoms in total. The Balaban J connectivity index is 2.29. The quantitative estimate of drug-likeness (QED) is 0.308. The van der Waals surface area contributed by atoms with Crippen molar-refractivity contribution < 1.29 is 9.47 Å². The summed E-state index contributed by atoms with van der Waals surface area (Å²) in [6.45, 7) is 0. The smallest absolute Gasteiger partial charge is 0.103 e. The third-order valence-corrected chi connectivity index (χ3v) is 4.68. The van der Waals surface area contributed by atoms with Crippen molar-refractivity contribution in [1.29, 1.82) is 0 Å². The molecule has 0 aromatic heterocycles. The van der Waals surface area contributed by atoms with Crippen LogP contribution in [0.1, 0.15) is 0 Å². The van der Waals surface area contributed by atoms with Gasteiger partial charge in [-0.1, -0.05) is 10.4 Å². The first-order valence-electron chi connectivity index (χ1n) is 5.45. The van der Waals surface area contributed by atoms with E-state index in [0.717, 1.165) is 0 Å². The number of ether oxygens (including phenoxy) is 2. The molecule has 2 aliphatic heterocycles. The molecule has 2 spiro atoms. The Kier molecular flexibility index (Phi) is 2.20. The highest BCUT2D eigenvalue weighted by molar-refractivity contribution is 6.64. The van der Waals surface area contributed by atoms with Gasteiger partial charge >= 0.3 is 0 Å². The predicted molar refractivity (Wildman–Crippen MR) is 78.7 cm³/mol. The third kappa shape index (κ3) is 0.995. The first-order valence-corrected chi connectivity index (χ1v) is 5.45. The lowest BCUT2D eigenvalue weighted by atomic mass is 9.25. The molecule has 0 amide bonds. The summed E-state index contributed by atoms with van der Waals surface area (Å²) in [5.41, 5.74) is -3.70. The molecule has 1 saturated carbocycles. The predicted octanol–water partition coefficient (Wildman–Crippen LogP) is -4.12. The van der Waals surface area contributed by atoms with Gasteiger partial charge in [-0.2, -0.15) is 0 Å². The molecule has 0 bridgehead atoms. The molecule has 70 valence electrons. The van der Waals surface area contributed by atoms with E-state index in [-0.39, 0.29) is 0 Å². The molecule has 2 saturated heterocycles. The Morgan fingerprint density at radius 2 is 0.632 bits per heavy atom. The summed E-state index contributed by atoms with van der Waals surface area (Å²) in [5.74, 6) is 0. The van der Waals surface area contributed by atoms with E-state index in [1.807, 2.05) is 0 Å². The standard InChI is InChI=1S/C7B10O2/c8-3(9)1(6(14,15)18-1)4(10,11)5(12,13)2(3)7(16,17)19-2. The molecule has 2 heterocycles. The van der Waals surface area contributed by atoms with E-state index in [0.29, 0.717) is 0 Å². The summed E-state index contributed by atoms with van der Waals surface area (Å²) >= 11 is 0. The van der Waals surface area contributed by atoms with Gasteiger partial charge in [-0.25, -0.2) is 0 Å². The maximum absolute atomic E-state index is 6.05. The van der Waals surface area contributed by atoms with Crippen LogP contribution in [0.2, 0.25) is 15.6 Å². The van der Waals surface area contributed by atoms with Crippen molar-refractivity contribution in [2.75, 3.05) is 0 Å². The van der Waals surface area contributed by atoms with Gasteiger partial charge in [0, 0.05) is 10.8 Å². The van der Waals surface area contributed by atoms with Crippen molar-refractivity contribution in [3.05, 3.63) is 0 Å². The van der Waals surface area contributed by atoms with Crippen molar-refractivity contribution in [1.82, 2.24) is 0 Å². The van der Waals surface area contributed by atoms with Crippen LogP contribution >= 0.6 is 0 Å². The second kappa shape index (κ2) is 2.89. The molecule has 20 radical (unpaired) electrons. The summed E-state index contributed by atoms with van der Waals surface area (Å²) in [5, 5.41) is -9.74. The Bertz CT molecular complexity index is 444. The molecule has 3 aliphatic rings. The zero-order valence-electron chi connectivity index (χ0n) is 10.1. The average Bonchev–Trinajstić information content (AvgIpc) is 2.96. The van der Waals surface area contributed by atoms with E-state index >= 15 is 0 Å². The van der Waals surface area contributed by atoms with Crippen LogP contribution in [0.15, 0.2) is 0 Å². The first-order chi connectivity index (χ1) is 8.16. The molecule has 2 unspecified atom stereocenters. The van der Waals surface area contributed by atoms with Gasteiger partial charge in [-0.3, -0.25) is 0 Å². The second-order valence-corrected chi connectivity index (χ2v) is 5.76. The fourth-order valence-corrected chi connectivity index (χ4v) is 3.60. The van der Waals surface area contributed by atoms with Gasteiger partial charge in [0.15, 0.2) is 0 Å². The van der Waals surface area contributed by atoms with Gasteiger partial charge in [0.2, 0.25) is 0 Å². The maximum Gasteiger partial charge on any atom is 0.103 e. The molecule has 3 fully saturated rings. The second-order valence-electron chi connectivity index (χ2n) is 5.76. The van der Waals surface area contributed by atoms with Crippen molar-refractivity contribution in [3.63, 3.8) is 0 Å². The molecule has 19 heavy (non-hydrogen) atoms. The van der Waals surface area contributed by atoms with Crippen LogP contribution in [-0.4, -0.2) is 100 Å². The summed E-state index contributed by atoms with van der Waals surface area (Å²) in [4.78, 5) is 0. The lowest BCUT2D eigenvalue weighted by Gasteiger charge is -2.43. The zero-order chi connectivity index (χ0) is 14.9. The molecule has 0 N–H and O–H groups in total. The fourth-order valence-electron chi connectivity index (χ4n) is 3.60. The van der Waals surface area contributed by atoms with Crippen LogP contribution < -0.4 is 0 Å².